The molecule has 0 amide bonds. The van der Waals surface area contributed by atoms with Gasteiger partial charge < -0.3 is 0 Å². The molecule has 1 aromatic carbocycles. The van der Waals surface area contributed by atoms with Gasteiger partial charge in [-0.05, 0) is 0 Å². The number of nitro groups is 1. The maximum atomic E-state index is 12.8. The summed E-state index contributed by atoms with van der Waals surface area (Å²) in [6.45, 7) is 2.29. The number of hydrogen-bond acceptors (Lipinski definition) is 11. The maximum absolute atomic E-state index is 12.8. The van der Waals surface area contributed by atoms with Crippen molar-refractivity contribution in [3.8, 4) is 0 Å². The van der Waals surface area contributed by atoms with Crippen LogP contribution in [0.15, 0.2) is 30.6 Å². The second-order valence-electron chi connectivity index (χ2n) is 6.58. The van der Waals surface area contributed by atoms with E-state index in [1.54, 1.807) is 0 Å². The molecular formula is C17H18N4O9Se. The van der Waals surface area contributed by atoms with Crippen LogP contribution in [-0.2, 0) is 31.5 Å². The molecule has 1 aliphatic rings. The van der Waals surface area contributed by atoms with Crippen molar-refractivity contribution in [3.63, 3.8) is 0 Å². The molecule has 13 nitrogen and oxygen atoms in total. The SMILES string of the molecule is CC(=O)OC[C@H]1O[C@@H](n2cnc([Se](=O)(=O)c3ccc([N+](=O)[O-])cc3)n2)C[C@@H]1OC(C)=O. The molecule has 31 heavy (non-hydrogen) atoms. The van der Waals surface area contributed by atoms with Gasteiger partial charge in [-0.25, -0.2) is 0 Å². The topological polar surface area (TPSA) is 170 Å². The van der Waals surface area contributed by atoms with Gasteiger partial charge in [-0.15, -0.1) is 0 Å². The molecule has 1 fully saturated rings. The molecule has 0 radical (unpaired) electrons. The monoisotopic (exact) mass is 502 g/mol. The molecule has 2 heterocycles. The van der Waals surface area contributed by atoms with Crippen molar-refractivity contribution in [1.82, 2.24) is 14.8 Å². The number of non-ortho nitro benzene ring substituents is 1. The van der Waals surface area contributed by atoms with Crippen LogP contribution in [0.3, 0.4) is 0 Å². The number of nitro benzene ring substituents is 1. The number of esters is 2. The van der Waals surface area contributed by atoms with Gasteiger partial charge >= 0.3 is 177 Å². The Kier molecular flexibility index (Phi) is 6.43. The zero-order valence-corrected chi connectivity index (χ0v) is 18.1. The van der Waals surface area contributed by atoms with E-state index in [0.29, 0.717) is 0 Å². The van der Waals surface area contributed by atoms with Gasteiger partial charge in [0.1, 0.15) is 0 Å². The van der Waals surface area contributed by atoms with Crippen LogP contribution in [0, 0.1) is 10.1 Å². The van der Waals surface area contributed by atoms with E-state index in [2.05, 4.69) is 10.1 Å². The fourth-order valence-electron chi connectivity index (χ4n) is 2.92. The summed E-state index contributed by atoms with van der Waals surface area (Å²) in [4.78, 5) is 36.4. The number of hydrogen-bond donors (Lipinski definition) is 0. The predicted octanol–water partition coefficient (Wildman–Crippen LogP) is -0.614. The summed E-state index contributed by atoms with van der Waals surface area (Å²) in [5.41, 5.74) is -0.246. The van der Waals surface area contributed by atoms with E-state index in [1.807, 2.05) is 0 Å². The number of benzene rings is 1. The minimum absolute atomic E-state index is 0.139. The van der Waals surface area contributed by atoms with Crippen LogP contribution in [-0.4, -0.2) is 63.2 Å². The molecular weight excluding hydrogens is 483 g/mol. The van der Waals surface area contributed by atoms with Crippen molar-refractivity contribution in [2.75, 3.05) is 6.61 Å². The average Bonchev–Trinajstić information content (AvgIpc) is 3.33. The van der Waals surface area contributed by atoms with Gasteiger partial charge in [0, 0.05) is 0 Å². The van der Waals surface area contributed by atoms with Crippen molar-refractivity contribution >= 4 is 39.5 Å². The standard InChI is InChI=1S/C17H18N4O9Se/c1-10(22)28-8-15-14(29-11(2)23)7-16(30-15)20-9-18-17(19-20)31(26,27)13-5-3-12(4-6-13)21(24)25/h3-6,9,14-16H,7-8H2,1-2H3/t14-,15+,16+/m0/s1. The Morgan fingerprint density at radius 1 is 1.26 bits per heavy atom. The van der Waals surface area contributed by atoms with E-state index >= 15 is 0 Å². The summed E-state index contributed by atoms with van der Waals surface area (Å²) in [5, 5.41) is 14.7. The van der Waals surface area contributed by atoms with Crippen LogP contribution in [0.5, 0.6) is 0 Å². The van der Waals surface area contributed by atoms with Crippen LogP contribution in [0.2, 0.25) is 0 Å². The van der Waals surface area contributed by atoms with E-state index < -0.39 is 52.7 Å². The Morgan fingerprint density at radius 2 is 1.94 bits per heavy atom. The van der Waals surface area contributed by atoms with E-state index in [4.69, 9.17) is 14.2 Å². The summed E-state index contributed by atoms with van der Waals surface area (Å²) < 4.78 is 42.0. The number of aromatic nitrogens is 3. The third-order valence-corrected chi connectivity index (χ3v) is 7.60. The molecule has 0 aliphatic carbocycles. The van der Waals surface area contributed by atoms with Gasteiger partial charge in [0.2, 0.25) is 0 Å². The Morgan fingerprint density at radius 3 is 2.52 bits per heavy atom. The fraction of sp³-hybridized carbons (Fsp3) is 0.412. The van der Waals surface area contributed by atoms with Crippen LogP contribution >= 0.6 is 0 Å². The Balaban J connectivity index is 1.79. The van der Waals surface area contributed by atoms with E-state index in [-0.39, 0.29) is 23.2 Å². The van der Waals surface area contributed by atoms with E-state index in [1.165, 1.54) is 18.5 Å². The van der Waals surface area contributed by atoms with Crippen molar-refractivity contribution in [2.45, 2.75) is 38.7 Å². The molecule has 0 bridgehead atoms. The first-order valence-corrected chi connectivity index (χ1v) is 12.1. The Bertz CT molecular complexity index is 1100. The molecule has 1 aromatic heterocycles. The fourth-order valence-corrected chi connectivity index (χ4v) is 5.22. The number of carbonyl (C=O) groups excluding carboxylic acids is 2. The molecule has 1 saturated heterocycles. The first kappa shape index (κ1) is 22.5. The van der Waals surface area contributed by atoms with Crippen LogP contribution in [0.25, 0.3) is 0 Å². The molecule has 3 atom stereocenters. The second kappa shape index (κ2) is 8.88. The third-order valence-electron chi connectivity index (χ3n) is 4.33. The number of ether oxygens (including phenoxy) is 3. The molecule has 0 saturated carbocycles. The molecule has 14 heteroatoms. The quantitative estimate of drug-likeness (QED) is 0.205. The first-order valence-electron chi connectivity index (χ1n) is 8.94. The van der Waals surface area contributed by atoms with Crippen molar-refractivity contribution < 1.29 is 36.4 Å². The molecule has 2 aromatic rings. The number of nitrogens with zero attached hydrogens (tertiary/aromatic N) is 4. The summed E-state index contributed by atoms with van der Waals surface area (Å²) in [7, 11) is 0. The van der Waals surface area contributed by atoms with Crippen molar-refractivity contribution in [3.05, 3.63) is 40.7 Å². The molecule has 3 rings (SSSR count). The van der Waals surface area contributed by atoms with Crippen LogP contribution < -0.4 is 9.18 Å². The molecule has 0 N–H and O–H groups in total. The van der Waals surface area contributed by atoms with E-state index in [9.17, 15) is 27.4 Å². The third kappa shape index (κ3) is 5.10. The van der Waals surface area contributed by atoms with Crippen LogP contribution in [0.1, 0.15) is 26.5 Å². The normalized spacial score (nSPS) is 20.9. The van der Waals surface area contributed by atoms with Crippen molar-refractivity contribution in [2.24, 2.45) is 0 Å². The molecule has 1 aliphatic heterocycles. The molecule has 166 valence electrons. The van der Waals surface area contributed by atoms with Gasteiger partial charge in [-0.3, -0.25) is 0 Å². The minimum atomic E-state index is -5.02. The average molecular weight is 501 g/mol. The van der Waals surface area contributed by atoms with Gasteiger partial charge in [0.05, 0.1) is 0 Å². The summed E-state index contributed by atoms with van der Waals surface area (Å²) in [6.07, 6.45) is -1.00. The second-order valence-corrected chi connectivity index (χ2v) is 10.4. The summed E-state index contributed by atoms with van der Waals surface area (Å²) in [6, 6.07) is 4.41. The summed E-state index contributed by atoms with van der Waals surface area (Å²) >= 11 is -5.02. The molecule has 0 spiro atoms. The van der Waals surface area contributed by atoms with Crippen molar-refractivity contribution in [1.29, 1.82) is 0 Å². The Labute approximate surface area is 177 Å². The van der Waals surface area contributed by atoms with Gasteiger partial charge in [-0.1, -0.05) is 0 Å². The Hall–Kier alpha value is -3.22. The van der Waals surface area contributed by atoms with Gasteiger partial charge in [0.15, 0.2) is 0 Å². The van der Waals surface area contributed by atoms with Crippen LogP contribution in [0.4, 0.5) is 5.69 Å². The van der Waals surface area contributed by atoms with Gasteiger partial charge in [-0.2, -0.15) is 0 Å². The number of carbonyl (C=O) groups is 2. The molecule has 0 unspecified atom stereocenters. The van der Waals surface area contributed by atoms with Gasteiger partial charge in [0.25, 0.3) is 0 Å². The van der Waals surface area contributed by atoms with E-state index in [0.717, 1.165) is 30.6 Å². The summed E-state index contributed by atoms with van der Waals surface area (Å²) in [5.74, 6) is -1.08. The zero-order valence-electron chi connectivity index (χ0n) is 16.4. The zero-order chi connectivity index (χ0) is 22.8. The number of rotatable bonds is 7. The first-order chi connectivity index (χ1) is 14.6. The predicted molar refractivity (Wildman–Crippen MR) is 100 cm³/mol.